The molecule has 7 heteroatoms. The molecule has 0 radical (unpaired) electrons. The van der Waals surface area contributed by atoms with E-state index in [0.717, 1.165) is 5.56 Å². The Morgan fingerprint density at radius 3 is 2.65 bits per heavy atom. The number of methoxy groups -OCH3 is 1. The van der Waals surface area contributed by atoms with Crippen LogP contribution in [0.3, 0.4) is 0 Å². The maximum absolute atomic E-state index is 11.4. The van der Waals surface area contributed by atoms with Crippen molar-refractivity contribution in [2.45, 2.75) is 6.42 Å². The first-order chi connectivity index (χ1) is 9.61. The van der Waals surface area contributed by atoms with Crippen molar-refractivity contribution in [2.24, 2.45) is 5.10 Å². The Hall–Kier alpha value is -1.92. The van der Waals surface area contributed by atoms with E-state index in [0.29, 0.717) is 18.2 Å². The van der Waals surface area contributed by atoms with E-state index in [-0.39, 0.29) is 12.3 Å². The Morgan fingerprint density at radius 1 is 1.30 bits per heavy atom. The van der Waals surface area contributed by atoms with Crippen LogP contribution < -0.4 is 10.7 Å². The highest BCUT2D eigenvalue weighted by atomic mass is 35.5. The third-order valence-electron chi connectivity index (χ3n) is 2.22. The number of carbonyl (C=O) groups excluding carboxylic acids is 2. The monoisotopic (exact) mass is 297 g/mol. The normalized spacial score (nSPS) is 10.5. The van der Waals surface area contributed by atoms with Crippen LogP contribution in [0.2, 0.25) is 5.02 Å². The molecule has 20 heavy (non-hydrogen) atoms. The van der Waals surface area contributed by atoms with E-state index >= 15 is 0 Å². The summed E-state index contributed by atoms with van der Waals surface area (Å²) in [7, 11) is 1.53. The molecule has 0 heterocycles. The first-order valence-corrected chi connectivity index (χ1v) is 6.32. The Kier molecular flexibility index (Phi) is 7.31. The molecule has 2 amide bonds. The van der Waals surface area contributed by atoms with Crippen LogP contribution in [0.5, 0.6) is 0 Å². The summed E-state index contributed by atoms with van der Waals surface area (Å²) in [5, 5.41) is 6.91. The van der Waals surface area contributed by atoms with Crippen LogP contribution >= 0.6 is 11.6 Å². The van der Waals surface area contributed by atoms with Crippen LogP contribution in [0.1, 0.15) is 12.0 Å². The molecule has 0 saturated heterocycles. The second-order valence-electron chi connectivity index (χ2n) is 3.86. The lowest BCUT2D eigenvalue weighted by atomic mass is 10.2. The van der Waals surface area contributed by atoms with Gasteiger partial charge in [0.25, 0.3) is 0 Å². The highest BCUT2D eigenvalue weighted by Gasteiger charge is 2.07. The molecular weight excluding hydrogens is 282 g/mol. The topological polar surface area (TPSA) is 79.8 Å². The van der Waals surface area contributed by atoms with Gasteiger partial charge in [0.1, 0.15) is 6.42 Å². The fourth-order valence-corrected chi connectivity index (χ4v) is 1.39. The molecule has 0 spiro atoms. The van der Waals surface area contributed by atoms with Crippen molar-refractivity contribution >= 4 is 29.6 Å². The summed E-state index contributed by atoms with van der Waals surface area (Å²) in [5.74, 6) is -0.855. The maximum atomic E-state index is 11.4. The quantitative estimate of drug-likeness (QED) is 0.340. The number of hydrazone groups is 1. The van der Waals surface area contributed by atoms with Gasteiger partial charge in [0.2, 0.25) is 11.8 Å². The van der Waals surface area contributed by atoms with Crippen LogP contribution in [0.25, 0.3) is 0 Å². The average molecular weight is 298 g/mol. The number of halogens is 1. The van der Waals surface area contributed by atoms with Crippen molar-refractivity contribution in [3.63, 3.8) is 0 Å². The number of nitrogens with one attached hydrogen (secondary N) is 2. The van der Waals surface area contributed by atoms with Crippen molar-refractivity contribution in [3.8, 4) is 0 Å². The number of amides is 2. The van der Waals surface area contributed by atoms with Crippen molar-refractivity contribution in [1.29, 1.82) is 0 Å². The molecule has 0 aromatic heterocycles. The van der Waals surface area contributed by atoms with Gasteiger partial charge in [-0.05, 0) is 17.7 Å². The zero-order valence-electron chi connectivity index (χ0n) is 11.1. The number of rotatable bonds is 7. The third kappa shape index (κ3) is 6.86. The van der Waals surface area contributed by atoms with Crippen molar-refractivity contribution in [2.75, 3.05) is 20.3 Å². The first kappa shape index (κ1) is 16.1. The highest BCUT2D eigenvalue weighted by molar-refractivity contribution is 6.30. The fraction of sp³-hybridized carbons (Fsp3) is 0.308. The van der Waals surface area contributed by atoms with Crippen LogP contribution in [-0.4, -0.2) is 38.3 Å². The molecule has 6 nitrogen and oxygen atoms in total. The summed E-state index contributed by atoms with van der Waals surface area (Å²) in [6.07, 6.45) is 1.19. The lowest BCUT2D eigenvalue weighted by Crippen LogP contribution is -2.31. The number of nitrogens with zero attached hydrogens (tertiary/aromatic N) is 1. The Bertz CT molecular complexity index is 474. The van der Waals surface area contributed by atoms with Crippen LogP contribution in [0.15, 0.2) is 29.4 Å². The van der Waals surface area contributed by atoms with Gasteiger partial charge in [0.15, 0.2) is 0 Å². The molecule has 0 bridgehead atoms. The van der Waals surface area contributed by atoms with Crippen LogP contribution in [0, 0.1) is 0 Å². The minimum absolute atomic E-state index is 0.276. The zero-order valence-corrected chi connectivity index (χ0v) is 11.8. The number of hydrogen-bond donors (Lipinski definition) is 2. The minimum Gasteiger partial charge on any atom is -0.383 e. The van der Waals surface area contributed by atoms with Gasteiger partial charge >= 0.3 is 0 Å². The predicted octanol–water partition coefficient (Wildman–Crippen LogP) is 0.943. The average Bonchev–Trinajstić information content (AvgIpc) is 2.41. The summed E-state index contributed by atoms with van der Waals surface area (Å²) in [5.41, 5.74) is 3.06. The molecular formula is C13H16ClN3O3. The predicted molar refractivity (Wildman–Crippen MR) is 76.7 cm³/mol. The van der Waals surface area contributed by atoms with Gasteiger partial charge < -0.3 is 10.1 Å². The van der Waals surface area contributed by atoms with E-state index in [1.165, 1.54) is 13.3 Å². The van der Waals surface area contributed by atoms with Crippen LogP contribution in [-0.2, 0) is 14.3 Å². The van der Waals surface area contributed by atoms with E-state index in [1.807, 2.05) is 0 Å². The van der Waals surface area contributed by atoms with Crippen molar-refractivity contribution < 1.29 is 14.3 Å². The second-order valence-corrected chi connectivity index (χ2v) is 4.30. The van der Waals surface area contributed by atoms with Gasteiger partial charge in [-0.2, -0.15) is 5.10 Å². The van der Waals surface area contributed by atoms with Crippen molar-refractivity contribution in [1.82, 2.24) is 10.7 Å². The molecule has 108 valence electrons. The summed E-state index contributed by atoms with van der Waals surface area (Å²) in [6, 6.07) is 6.95. The van der Waals surface area contributed by atoms with Gasteiger partial charge in [-0.25, -0.2) is 5.43 Å². The number of ether oxygens (including phenoxy) is 1. The summed E-state index contributed by atoms with van der Waals surface area (Å²) >= 11 is 5.74. The number of carbonyl (C=O) groups is 2. The zero-order chi connectivity index (χ0) is 14.8. The van der Waals surface area contributed by atoms with Gasteiger partial charge in [0.05, 0.1) is 12.8 Å². The summed E-state index contributed by atoms with van der Waals surface area (Å²) in [4.78, 5) is 22.7. The lowest BCUT2D eigenvalue weighted by molar-refractivity contribution is -0.129. The molecule has 1 rings (SSSR count). The van der Waals surface area contributed by atoms with Crippen LogP contribution in [0.4, 0.5) is 0 Å². The molecule has 0 aliphatic heterocycles. The second kappa shape index (κ2) is 9.06. The number of hydrogen-bond acceptors (Lipinski definition) is 4. The minimum atomic E-state index is -0.481. The molecule has 0 aliphatic carbocycles. The SMILES string of the molecule is COCCNC(=O)CC(=O)NN=Cc1ccc(Cl)cc1. The summed E-state index contributed by atoms with van der Waals surface area (Å²) < 4.78 is 4.77. The Balaban J connectivity index is 2.28. The molecule has 1 aromatic carbocycles. The lowest BCUT2D eigenvalue weighted by Gasteiger charge is -2.03. The third-order valence-corrected chi connectivity index (χ3v) is 2.47. The molecule has 0 atom stereocenters. The maximum Gasteiger partial charge on any atom is 0.249 e. The molecule has 0 fully saturated rings. The van der Waals surface area contributed by atoms with E-state index in [2.05, 4.69) is 15.8 Å². The summed E-state index contributed by atoms with van der Waals surface area (Å²) in [6.45, 7) is 0.777. The molecule has 0 aliphatic rings. The van der Waals surface area contributed by atoms with Gasteiger partial charge in [0, 0.05) is 18.7 Å². The molecule has 0 unspecified atom stereocenters. The smallest absolute Gasteiger partial charge is 0.249 e. The van der Waals surface area contributed by atoms with Gasteiger partial charge in [-0.15, -0.1) is 0 Å². The molecule has 0 saturated carbocycles. The fourth-order valence-electron chi connectivity index (χ4n) is 1.27. The molecule has 2 N–H and O–H groups in total. The largest absolute Gasteiger partial charge is 0.383 e. The van der Waals surface area contributed by atoms with E-state index in [4.69, 9.17) is 16.3 Å². The van der Waals surface area contributed by atoms with E-state index < -0.39 is 5.91 Å². The van der Waals surface area contributed by atoms with Crippen molar-refractivity contribution in [3.05, 3.63) is 34.9 Å². The van der Waals surface area contributed by atoms with Gasteiger partial charge in [-0.3, -0.25) is 9.59 Å². The first-order valence-electron chi connectivity index (χ1n) is 5.95. The van der Waals surface area contributed by atoms with E-state index in [1.54, 1.807) is 24.3 Å². The molecule has 1 aromatic rings. The van der Waals surface area contributed by atoms with E-state index in [9.17, 15) is 9.59 Å². The standard InChI is InChI=1S/C13H16ClN3O3/c1-20-7-6-15-12(18)8-13(19)17-16-9-10-2-4-11(14)5-3-10/h2-5,9H,6-8H2,1H3,(H,15,18)(H,17,19). The number of benzene rings is 1. The van der Waals surface area contributed by atoms with Gasteiger partial charge in [-0.1, -0.05) is 23.7 Å². The Morgan fingerprint density at radius 2 is 2.00 bits per heavy atom. The Labute approximate surface area is 122 Å². The highest BCUT2D eigenvalue weighted by Crippen LogP contribution is 2.07.